The highest BCUT2D eigenvalue weighted by Gasteiger charge is 2.06. The lowest BCUT2D eigenvalue weighted by atomic mass is 10.1. The van der Waals surface area contributed by atoms with Crippen LogP contribution in [0.4, 0.5) is 0 Å². The Kier molecular flexibility index (Phi) is 6.16. The van der Waals surface area contributed by atoms with Gasteiger partial charge in [0.1, 0.15) is 5.75 Å². The third kappa shape index (κ3) is 4.81. The van der Waals surface area contributed by atoms with Crippen molar-refractivity contribution < 1.29 is 9.53 Å². The van der Waals surface area contributed by atoms with Gasteiger partial charge in [0.05, 0.1) is 5.71 Å². The molecule has 1 N–H and O–H groups in total. The molecular weight excluding hydrogens is 374 g/mol. The average Bonchev–Trinajstić information content (AvgIpc) is 3.04. The maximum absolute atomic E-state index is 11.9. The van der Waals surface area contributed by atoms with Crippen molar-refractivity contribution >= 4 is 23.2 Å². The Morgan fingerprint density at radius 2 is 1.61 bits per heavy atom. The predicted molar refractivity (Wildman–Crippen MR) is 113 cm³/mol. The molecule has 3 rings (SSSR count). The van der Waals surface area contributed by atoms with Gasteiger partial charge in [0.2, 0.25) is 0 Å². The van der Waals surface area contributed by atoms with E-state index in [4.69, 9.17) is 16.3 Å². The van der Waals surface area contributed by atoms with E-state index >= 15 is 0 Å². The third-order valence-corrected chi connectivity index (χ3v) is 4.60. The number of hydrogen-bond donors (Lipinski definition) is 1. The number of aromatic nitrogens is 1. The van der Waals surface area contributed by atoms with Crippen LogP contribution >= 0.6 is 11.6 Å². The van der Waals surface area contributed by atoms with Crippen molar-refractivity contribution in [1.82, 2.24) is 9.99 Å². The molecule has 1 heterocycles. The third-order valence-electron chi connectivity index (χ3n) is 4.35. The quantitative estimate of drug-likeness (QED) is 0.487. The summed E-state index contributed by atoms with van der Waals surface area (Å²) in [5.41, 5.74) is 7.63. The molecule has 0 saturated carbocycles. The highest BCUT2D eigenvalue weighted by atomic mass is 35.5. The van der Waals surface area contributed by atoms with Gasteiger partial charge >= 0.3 is 0 Å². The van der Waals surface area contributed by atoms with E-state index in [0.717, 1.165) is 11.3 Å². The van der Waals surface area contributed by atoms with Gasteiger partial charge in [-0.05, 0) is 74.9 Å². The van der Waals surface area contributed by atoms with Crippen LogP contribution in [-0.4, -0.2) is 22.8 Å². The molecule has 3 aromatic rings. The van der Waals surface area contributed by atoms with Gasteiger partial charge in [0.15, 0.2) is 6.61 Å². The molecule has 0 aliphatic heterocycles. The van der Waals surface area contributed by atoms with Crippen molar-refractivity contribution in [2.75, 3.05) is 6.61 Å². The van der Waals surface area contributed by atoms with Gasteiger partial charge in [-0.25, -0.2) is 5.43 Å². The van der Waals surface area contributed by atoms with Gasteiger partial charge in [0, 0.05) is 22.1 Å². The predicted octanol–water partition coefficient (Wildman–Crippen LogP) is 4.67. The summed E-state index contributed by atoms with van der Waals surface area (Å²) >= 11 is 5.82. The molecule has 0 fully saturated rings. The molecule has 5 nitrogen and oxygen atoms in total. The zero-order valence-corrected chi connectivity index (χ0v) is 16.8. The van der Waals surface area contributed by atoms with Crippen LogP contribution in [0.1, 0.15) is 23.9 Å². The van der Waals surface area contributed by atoms with E-state index in [1.807, 2.05) is 31.2 Å². The number of ether oxygens (including phenoxy) is 1. The van der Waals surface area contributed by atoms with E-state index in [1.165, 1.54) is 11.4 Å². The van der Waals surface area contributed by atoms with E-state index in [1.54, 1.807) is 24.3 Å². The first-order valence-electron chi connectivity index (χ1n) is 8.91. The Bertz CT molecular complexity index is 970. The fraction of sp³-hybridized carbons (Fsp3) is 0.182. The molecule has 0 spiro atoms. The fourth-order valence-electron chi connectivity index (χ4n) is 2.85. The minimum atomic E-state index is -0.329. The molecule has 0 bridgehead atoms. The van der Waals surface area contributed by atoms with E-state index in [2.05, 4.69) is 41.1 Å². The Balaban J connectivity index is 1.58. The SMILES string of the molecule is C/C(=N\NC(=O)COc1ccc(Cl)cc1)c1ccc(-n2c(C)ccc2C)cc1. The summed E-state index contributed by atoms with van der Waals surface area (Å²) in [6.45, 7) is 5.88. The fourth-order valence-corrected chi connectivity index (χ4v) is 2.98. The summed E-state index contributed by atoms with van der Waals surface area (Å²) in [7, 11) is 0. The summed E-state index contributed by atoms with van der Waals surface area (Å²) in [5, 5.41) is 4.77. The number of halogens is 1. The molecule has 1 amide bonds. The number of hydrogen-bond acceptors (Lipinski definition) is 3. The van der Waals surface area contributed by atoms with Gasteiger partial charge in [0.25, 0.3) is 5.91 Å². The first-order chi connectivity index (χ1) is 13.4. The molecule has 28 heavy (non-hydrogen) atoms. The largest absolute Gasteiger partial charge is 0.484 e. The number of nitrogens with one attached hydrogen (secondary N) is 1. The molecular formula is C22H22ClN3O2. The van der Waals surface area contributed by atoms with Gasteiger partial charge in [-0.15, -0.1) is 0 Å². The summed E-state index contributed by atoms with van der Waals surface area (Å²) in [5.74, 6) is 0.246. The lowest BCUT2D eigenvalue weighted by Gasteiger charge is -2.10. The number of carbonyl (C=O) groups excluding carboxylic acids is 1. The highest BCUT2D eigenvalue weighted by molar-refractivity contribution is 6.30. The molecule has 2 aromatic carbocycles. The molecule has 144 valence electrons. The zero-order valence-electron chi connectivity index (χ0n) is 16.1. The zero-order chi connectivity index (χ0) is 20.1. The van der Waals surface area contributed by atoms with Crippen molar-refractivity contribution in [3.63, 3.8) is 0 Å². The van der Waals surface area contributed by atoms with E-state index in [-0.39, 0.29) is 12.5 Å². The Hall–Kier alpha value is -3.05. The number of carbonyl (C=O) groups is 1. The number of hydrazone groups is 1. The van der Waals surface area contributed by atoms with Crippen molar-refractivity contribution in [2.45, 2.75) is 20.8 Å². The maximum Gasteiger partial charge on any atom is 0.277 e. The number of nitrogens with zero attached hydrogens (tertiary/aromatic N) is 2. The number of amides is 1. The number of rotatable bonds is 6. The molecule has 0 unspecified atom stereocenters. The standard InChI is InChI=1S/C22H22ClN3O2/c1-15-4-5-16(2)26(15)20-10-6-18(7-11-20)17(3)24-25-22(27)14-28-21-12-8-19(23)9-13-21/h4-13H,14H2,1-3H3,(H,25,27)/b24-17+. The van der Waals surface area contributed by atoms with Crippen LogP contribution < -0.4 is 10.2 Å². The van der Waals surface area contributed by atoms with E-state index in [0.29, 0.717) is 16.5 Å². The normalized spacial score (nSPS) is 11.4. The summed E-state index contributed by atoms with van der Waals surface area (Å²) < 4.78 is 7.58. The lowest BCUT2D eigenvalue weighted by molar-refractivity contribution is -0.123. The van der Waals surface area contributed by atoms with Crippen LogP contribution in [0.3, 0.4) is 0 Å². The Morgan fingerprint density at radius 3 is 2.21 bits per heavy atom. The first-order valence-corrected chi connectivity index (χ1v) is 9.29. The van der Waals surface area contributed by atoms with Gasteiger partial charge in [-0.1, -0.05) is 23.7 Å². The molecule has 0 saturated heterocycles. The minimum absolute atomic E-state index is 0.121. The van der Waals surface area contributed by atoms with Crippen LogP contribution in [0.2, 0.25) is 5.02 Å². The van der Waals surface area contributed by atoms with Gasteiger partial charge in [-0.2, -0.15) is 5.10 Å². The van der Waals surface area contributed by atoms with Crippen LogP contribution in [-0.2, 0) is 4.79 Å². The lowest BCUT2D eigenvalue weighted by Crippen LogP contribution is -2.25. The topological polar surface area (TPSA) is 55.6 Å². The smallest absolute Gasteiger partial charge is 0.277 e. The van der Waals surface area contributed by atoms with Crippen LogP contribution in [0.25, 0.3) is 5.69 Å². The molecule has 0 atom stereocenters. The van der Waals surface area contributed by atoms with Crippen molar-refractivity contribution in [2.24, 2.45) is 5.10 Å². The van der Waals surface area contributed by atoms with Crippen LogP contribution in [0.5, 0.6) is 5.75 Å². The number of benzene rings is 2. The Morgan fingerprint density at radius 1 is 1.00 bits per heavy atom. The maximum atomic E-state index is 11.9. The monoisotopic (exact) mass is 395 g/mol. The first kappa shape index (κ1) is 19.7. The van der Waals surface area contributed by atoms with Crippen LogP contribution in [0.15, 0.2) is 65.8 Å². The molecule has 0 radical (unpaired) electrons. The second kappa shape index (κ2) is 8.76. The molecule has 6 heteroatoms. The second-order valence-electron chi connectivity index (χ2n) is 6.47. The van der Waals surface area contributed by atoms with Gasteiger partial charge < -0.3 is 9.30 Å². The number of aryl methyl sites for hydroxylation is 2. The van der Waals surface area contributed by atoms with E-state index in [9.17, 15) is 4.79 Å². The van der Waals surface area contributed by atoms with Gasteiger partial charge in [-0.3, -0.25) is 4.79 Å². The van der Waals surface area contributed by atoms with E-state index < -0.39 is 0 Å². The summed E-state index contributed by atoms with van der Waals surface area (Å²) in [6.07, 6.45) is 0. The highest BCUT2D eigenvalue weighted by Crippen LogP contribution is 2.17. The average molecular weight is 396 g/mol. The molecule has 0 aliphatic carbocycles. The minimum Gasteiger partial charge on any atom is -0.484 e. The van der Waals surface area contributed by atoms with Crippen molar-refractivity contribution in [1.29, 1.82) is 0 Å². The summed E-state index contributed by atoms with van der Waals surface area (Å²) in [4.78, 5) is 11.9. The summed E-state index contributed by atoms with van der Waals surface area (Å²) in [6, 6.07) is 19.1. The van der Waals surface area contributed by atoms with Crippen molar-refractivity contribution in [3.8, 4) is 11.4 Å². The molecule has 1 aromatic heterocycles. The van der Waals surface area contributed by atoms with Crippen molar-refractivity contribution in [3.05, 3.63) is 82.6 Å². The Labute approximate surface area is 169 Å². The molecule has 0 aliphatic rings. The van der Waals surface area contributed by atoms with Crippen LogP contribution in [0, 0.1) is 13.8 Å². The second-order valence-corrected chi connectivity index (χ2v) is 6.91.